The molecule has 0 atom stereocenters. The van der Waals surface area contributed by atoms with Gasteiger partial charge in [-0.2, -0.15) is 0 Å². The highest BCUT2D eigenvalue weighted by Gasteiger charge is 2.09. The summed E-state index contributed by atoms with van der Waals surface area (Å²) in [6.45, 7) is 3.92. The monoisotopic (exact) mass is 235 g/mol. The second kappa shape index (κ2) is 6.03. The predicted molar refractivity (Wildman–Crippen MR) is 64.9 cm³/mol. The van der Waals surface area contributed by atoms with E-state index in [1.165, 1.54) is 7.05 Å². The minimum Gasteiger partial charge on any atom is -0.452 e. The van der Waals surface area contributed by atoms with E-state index in [0.29, 0.717) is 11.5 Å². The SMILES string of the molecule is CNC(=O)COC(=O)c1ccc(C(C)C)cc1. The Hall–Kier alpha value is -1.84. The fraction of sp³-hybridized carbons (Fsp3) is 0.385. The van der Waals surface area contributed by atoms with Crippen molar-refractivity contribution in [1.82, 2.24) is 5.32 Å². The lowest BCUT2D eigenvalue weighted by Gasteiger charge is -2.07. The Bertz CT molecular complexity index is 396. The van der Waals surface area contributed by atoms with Crippen LogP contribution in [-0.4, -0.2) is 25.5 Å². The second-order valence-corrected chi connectivity index (χ2v) is 4.03. The van der Waals surface area contributed by atoms with Gasteiger partial charge in [0.2, 0.25) is 0 Å². The van der Waals surface area contributed by atoms with Crippen molar-refractivity contribution in [3.63, 3.8) is 0 Å². The van der Waals surface area contributed by atoms with E-state index in [4.69, 9.17) is 4.74 Å². The number of ether oxygens (including phenoxy) is 1. The fourth-order valence-electron chi connectivity index (χ4n) is 1.29. The molecular weight excluding hydrogens is 218 g/mol. The Morgan fingerprint density at radius 1 is 1.24 bits per heavy atom. The van der Waals surface area contributed by atoms with E-state index in [-0.39, 0.29) is 12.5 Å². The Morgan fingerprint density at radius 3 is 2.29 bits per heavy atom. The van der Waals surface area contributed by atoms with Crippen molar-refractivity contribution in [2.45, 2.75) is 19.8 Å². The van der Waals surface area contributed by atoms with Crippen molar-refractivity contribution in [2.24, 2.45) is 0 Å². The number of hydrogen-bond acceptors (Lipinski definition) is 3. The van der Waals surface area contributed by atoms with Crippen molar-refractivity contribution in [1.29, 1.82) is 0 Å². The van der Waals surface area contributed by atoms with Gasteiger partial charge in [-0.05, 0) is 23.6 Å². The summed E-state index contributed by atoms with van der Waals surface area (Å²) in [5, 5.41) is 2.38. The highest BCUT2D eigenvalue weighted by molar-refractivity contribution is 5.91. The zero-order valence-corrected chi connectivity index (χ0v) is 10.3. The number of rotatable bonds is 4. The molecule has 92 valence electrons. The van der Waals surface area contributed by atoms with Gasteiger partial charge in [0.25, 0.3) is 5.91 Å². The van der Waals surface area contributed by atoms with Crippen LogP contribution in [0, 0.1) is 0 Å². The van der Waals surface area contributed by atoms with Gasteiger partial charge in [0.05, 0.1) is 5.56 Å². The van der Waals surface area contributed by atoms with Crippen molar-refractivity contribution in [2.75, 3.05) is 13.7 Å². The number of benzene rings is 1. The number of nitrogens with one attached hydrogen (secondary N) is 1. The third-order valence-corrected chi connectivity index (χ3v) is 2.43. The third kappa shape index (κ3) is 3.90. The molecule has 1 rings (SSSR count). The van der Waals surface area contributed by atoms with Gasteiger partial charge in [0.15, 0.2) is 6.61 Å². The predicted octanol–water partition coefficient (Wildman–Crippen LogP) is 1.71. The molecule has 4 nitrogen and oxygen atoms in total. The minimum atomic E-state index is -0.482. The van der Waals surface area contributed by atoms with Crippen LogP contribution in [0.15, 0.2) is 24.3 Å². The van der Waals surface area contributed by atoms with E-state index in [1.54, 1.807) is 12.1 Å². The van der Waals surface area contributed by atoms with Crippen LogP contribution in [0.2, 0.25) is 0 Å². The van der Waals surface area contributed by atoms with Crippen LogP contribution in [0.4, 0.5) is 0 Å². The van der Waals surface area contributed by atoms with Crippen LogP contribution >= 0.6 is 0 Å². The van der Waals surface area contributed by atoms with Gasteiger partial charge < -0.3 is 10.1 Å². The van der Waals surface area contributed by atoms with Crippen LogP contribution in [0.3, 0.4) is 0 Å². The third-order valence-electron chi connectivity index (χ3n) is 2.43. The first-order valence-corrected chi connectivity index (χ1v) is 5.52. The average molecular weight is 235 g/mol. The molecule has 0 fully saturated rings. The van der Waals surface area contributed by atoms with Crippen LogP contribution in [0.1, 0.15) is 35.7 Å². The smallest absolute Gasteiger partial charge is 0.338 e. The highest BCUT2D eigenvalue weighted by Crippen LogP contribution is 2.15. The van der Waals surface area contributed by atoms with E-state index in [1.807, 2.05) is 12.1 Å². The van der Waals surface area contributed by atoms with Crippen molar-refractivity contribution < 1.29 is 14.3 Å². The standard InChI is InChI=1S/C13H17NO3/c1-9(2)10-4-6-11(7-5-10)13(16)17-8-12(15)14-3/h4-7,9H,8H2,1-3H3,(H,14,15). The van der Waals surface area contributed by atoms with Gasteiger partial charge in [-0.1, -0.05) is 26.0 Å². The molecular formula is C13H17NO3. The maximum absolute atomic E-state index is 11.5. The first kappa shape index (κ1) is 13.2. The zero-order valence-electron chi connectivity index (χ0n) is 10.3. The summed E-state index contributed by atoms with van der Waals surface area (Å²) in [6.07, 6.45) is 0. The molecule has 4 heteroatoms. The molecule has 0 unspecified atom stereocenters. The molecule has 0 saturated carbocycles. The quantitative estimate of drug-likeness (QED) is 0.808. The van der Waals surface area contributed by atoms with Crippen LogP contribution < -0.4 is 5.32 Å². The van der Waals surface area contributed by atoms with Crippen molar-refractivity contribution >= 4 is 11.9 Å². The van der Waals surface area contributed by atoms with Gasteiger partial charge >= 0.3 is 5.97 Å². The number of likely N-dealkylation sites (N-methyl/N-ethyl adjacent to an activating group) is 1. The number of amides is 1. The largest absolute Gasteiger partial charge is 0.452 e. The van der Waals surface area contributed by atoms with Crippen LogP contribution in [0.25, 0.3) is 0 Å². The molecule has 0 aromatic heterocycles. The summed E-state index contributed by atoms with van der Waals surface area (Å²) in [6, 6.07) is 7.20. The van der Waals surface area contributed by atoms with Gasteiger partial charge in [-0.25, -0.2) is 4.79 Å². The van der Waals surface area contributed by atoms with Gasteiger partial charge in [0.1, 0.15) is 0 Å². The summed E-state index contributed by atoms with van der Waals surface area (Å²) in [5.41, 5.74) is 1.62. The topological polar surface area (TPSA) is 55.4 Å². The molecule has 0 bridgehead atoms. The molecule has 0 aliphatic rings. The van der Waals surface area contributed by atoms with E-state index < -0.39 is 5.97 Å². The maximum Gasteiger partial charge on any atom is 0.338 e. The molecule has 1 amide bonds. The minimum absolute atomic E-state index is 0.249. The summed E-state index contributed by atoms with van der Waals surface area (Å²) < 4.78 is 4.83. The van der Waals surface area contributed by atoms with Crippen molar-refractivity contribution in [3.8, 4) is 0 Å². The molecule has 1 N–H and O–H groups in total. The molecule has 0 spiro atoms. The lowest BCUT2D eigenvalue weighted by Crippen LogP contribution is -2.25. The molecule has 0 heterocycles. The van der Waals surface area contributed by atoms with Crippen molar-refractivity contribution in [3.05, 3.63) is 35.4 Å². The number of carbonyl (C=O) groups is 2. The molecule has 0 radical (unpaired) electrons. The van der Waals surface area contributed by atoms with Crippen LogP contribution in [-0.2, 0) is 9.53 Å². The Morgan fingerprint density at radius 2 is 1.82 bits per heavy atom. The van der Waals surface area contributed by atoms with Gasteiger partial charge in [-0.15, -0.1) is 0 Å². The fourth-order valence-corrected chi connectivity index (χ4v) is 1.29. The summed E-state index contributed by atoms with van der Waals surface area (Å²) in [5.74, 6) is -0.382. The molecule has 17 heavy (non-hydrogen) atoms. The van der Waals surface area contributed by atoms with E-state index in [2.05, 4.69) is 19.2 Å². The zero-order chi connectivity index (χ0) is 12.8. The van der Waals surface area contributed by atoms with E-state index in [0.717, 1.165) is 5.56 Å². The Balaban J connectivity index is 2.61. The molecule has 0 saturated heterocycles. The van der Waals surface area contributed by atoms with E-state index >= 15 is 0 Å². The highest BCUT2D eigenvalue weighted by atomic mass is 16.5. The van der Waals surface area contributed by atoms with Gasteiger partial charge in [-0.3, -0.25) is 4.79 Å². The number of hydrogen-bond donors (Lipinski definition) is 1. The first-order valence-electron chi connectivity index (χ1n) is 5.52. The summed E-state index contributed by atoms with van der Waals surface area (Å²) in [4.78, 5) is 22.4. The second-order valence-electron chi connectivity index (χ2n) is 4.03. The Kier molecular flexibility index (Phi) is 4.69. The number of carbonyl (C=O) groups excluding carboxylic acids is 2. The average Bonchev–Trinajstić information content (AvgIpc) is 2.35. The summed E-state index contributed by atoms with van der Waals surface area (Å²) >= 11 is 0. The normalized spacial score (nSPS) is 10.1. The maximum atomic E-state index is 11.5. The van der Waals surface area contributed by atoms with Crippen LogP contribution in [0.5, 0.6) is 0 Å². The number of esters is 1. The lowest BCUT2D eigenvalue weighted by atomic mass is 10.0. The summed E-state index contributed by atoms with van der Waals surface area (Å²) in [7, 11) is 1.49. The molecule has 1 aromatic carbocycles. The van der Waals surface area contributed by atoms with E-state index in [9.17, 15) is 9.59 Å². The lowest BCUT2D eigenvalue weighted by molar-refractivity contribution is -0.123. The molecule has 0 aliphatic carbocycles. The molecule has 0 aliphatic heterocycles. The molecule has 1 aromatic rings. The Labute approximate surface area is 101 Å². The first-order chi connectivity index (χ1) is 8.04. The van der Waals surface area contributed by atoms with Gasteiger partial charge in [0, 0.05) is 7.05 Å².